The standard InChI is InChI=1S/C13H18BrN5O2/c1-4-7-21-12-9(10(14)5-6-11(12)20-3)8-15-13-16-17-18-19(13)2/h5-6H,4,7-8H2,1-3H3,(H,15,16,18). The molecule has 0 saturated carbocycles. The van der Waals surface area contributed by atoms with Crippen LogP contribution in [0.1, 0.15) is 18.9 Å². The molecule has 0 saturated heterocycles. The van der Waals surface area contributed by atoms with Crippen molar-refractivity contribution in [1.82, 2.24) is 20.2 Å². The van der Waals surface area contributed by atoms with Gasteiger partial charge in [0.05, 0.1) is 13.7 Å². The van der Waals surface area contributed by atoms with Gasteiger partial charge in [-0.15, -0.1) is 0 Å². The topological polar surface area (TPSA) is 74.1 Å². The van der Waals surface area contributed by atoms with Gasteiger partial charge in [0.1, 0.15) is 0 Å². The molecule has 0 unspecified atom stereocenters. The second-order valence-corrected chi connectivity index (χ2v) is 5.24. The van der Waals surface area contributed by atoms with E-state index < -0.39 is 0 Å². The molecule has 1 aromatic carbocycles. The molecule has 1 N–H and O–H groups in total. The van der Waals surface area contributed by atoms with Crippen LogP contribution < -0.4 is 14.8 Å². The van der Waals surface area contributed by atoms with Gasteiger partial charge in [0.2, 0.25) is 5.95 Å². The number of ether oxygens (including phenoxy) is 2. The van der Waals surface area contributed by atoms with Gasteiger partial charge in [-0.3, -0.25) is 0 Å². The van der Waals surface area contributed by atoms with E-state index in [2.05, 4.69) is 43.7 Å². The molecule has 0 spiro atoms. The Morgan fingerprint density at radius 2 is 2.19 bits per heavy atom. The van der Waals surface area contributed by atoms with E-state index in [-0.39, 0.29) is 0 Å². The average Bonchev–Trinajstić information content (AvgIpc) is 2.89. The summed E-state index contributed by atoms with van der Waals surface area (Å²) >= 11 is 3.55. The first-order valence-electron chi connectivity index (χ1n) is 6.61. The number of methoxy groups -OCH3 is 1. The monoisotopic (exact) mass is 355 g/mol. The van der Waals surface area contributed by atoms with Gasteiger partial charge in [-0.05, 0) is 29.0 Å². The van der Waals surface area contributed by atoms with Crippen LogP contribution in [0, 0.1) is 0 Å². The zero-order chi connectivity index (χ0) is 15.2. The number of anilines is 1. The lowest BCUT2D eigenvalue weighted by Crippen LogP contribution is -2.09. The van der Waals surface area contributed by atoms with Gasteiger partial charge < -0.3 is 14.8 Å². The van der Waals surface area contributed by atoms with Crippen LogP contribution in [0.3, 0.4) is 0 Å². The van der Waals surface area contributed by atoms with E-state index >= 15 is 0 Å². The molecule has 0 amide bonds. The molecular formula is C13H18BrN5O2. The first-order chi connectivity index (χ1) is 10.2. The van der Waals surface area contributed by atoms with Gasteiger partial charge in [0, 0.05) is 23.6 Å². The van der Waals surface area contributed by atoms with Crippen LogP contribution >= 0.6 is 15.9 Å². The summed E-state index contributed by atoms with van der Waals surface area (Å²) < 4.78 is 13.7. The summed E-state index contributed by atoms with van der Waals surface area (Å²) in [5, 5.41) is 14.5. The molecule has 2 aromatic rings. The Morgan fingerprint density at radius 3 is 2.81 bits per heavy atom. The number of tetrazole rings is 1. The highest BCUT2D eigenvalue weighted by molar-refractivity contribution is 9.10. The average molecular weight is 356 g/mol. The van der Waals surface area contributed by atoms with Crippen molar-refractivity contribution in [3.8, 4) is 11.5 Å². The van der Waals surface area contributed by atoms with Crippen LogP contribution in [-0.4, -0.2) is 33.9 Å². The van der Waals surface area contributed by atoms with E-state index in [4.69, 9.17) is 9.47 Å². The maximum absolute atomic E-state index is 5.84. The number of hydrogen-bond donors (Lipinski definition) is 1. The molecule has 8 heteroatoms. The fourth-order valence-corrected chi connectivity index (χ4v) is 2.27. The summed E-state index contributed by atoms with van der Waals surface area (Å²) in [6.45, 7) is 3.21. The highest BCUT2D eigenvalue weighted by atomic mass is 79.9. The number of aryl methyl sites for hydroxylation is 1. The molecule has 0 atom stereocenters. The van der Waals surface area contributed by atoms with Crippen LogP contribution in [0.2, 0.25) is 0 Å². The van der Waals surface area contributed by atoms with Gasteiger partial charge in [-0.25, -0.2) is 4.68 Å². The Labute approximate surface area is 131 Å². The number of nitrogens with zero attached hydrogens (tertiary/aromatic N) is 4. The summed E-state index contributed by atoms with van der Waals surface area (Å²) in [6, 6.07) is 3.81. The van der Waals surface area contributed by atoms with Crippen LogP contribution in [0.25, 0.3) is 0 Å². The third-order valence-electron chi connectivity index (χ3n) is 2.88. The summed E-state index contributed by atoms with van der Waals surface area (Å²) in [6.07, 6.45) is 0.926. The van der Waals surface area contributed by atoms with Gasteiger partial charge in [0.25, 0.3) is 0 Å². The number of halogens is 1. The smallest absolute Gasteiger partial charge is 0.242 e. The summed E-state index contributed by atoms with van der Waals surface area (Å²) in [7, 11) is 3.41. The molecule has 0 aliphatic heterocycles. The van der Waals surface area contributed by atoms with Crippen molar-refractivity contribution in [1.29, 1.82) is 0 Å². The number of hydrogen-bond acceptors (Lipinski definition) is 6. The molecule has 0 aliphatic rings. The van der Waals surface area contributed by atoms with Crippen molar-refractivity contribution >= 4 is 21.9 Å². The number of benzene rings is 1. The van der Waals surface area contributed by atoms with Crippen LogP contribution in [-0.2, 0) is 13.6 Å². The van der Waals surface area contributed by atoms with E-state index in [1.54, 1.807) is 18.8 Å². The molecule has 0 aliphatic carbocycles. The fourth-order valence-electron chi connectivity index (χ4n) is 1.82. The summed E-state index contributed by atoms with van der Waals surface area (Å²) in [5.74, 6) is 2.03. The Bertz CT molecular complexity index is 602. The zero-order valence-corrected chi connectivity index (χ0v) is 13.8. The predicted octanol–water partition coefficient (Wildman–Crippen LogP) is 2.38. The van der Waals surface area contributed by atoms with Gasteiger partial charge in [-0.1, -0.05) is 28.0 Å². The summed E-state index contributed by atoms with van der Waals surface area (Å²) in [5.41, 5.74) is 0.964. The quantitative estimate of drug-likeness (QED) is 0.821. The normalized spacial score (nSPS) is 10.5. The van der Waals surface area contributed by atoms with Crippen LogP contribution in [0.15, 0.2) is 16.6 Å². The Morgan fingerprint density at radius 1 is 1.38 bits per heavy atom. The van der Waals surface area contributed by atoms with Crippen molar-refractivity contribution in [2.45, 2.75) is 19.9 Å². The number of nitrogens with one attached hydrogen (secondary N) is 1. The maximum Gasteiger partial charge on any atom is 0.242 e. The van der Waals surface area contributed by atoms with Gasteiger partial charge in [0.15, 0.2) is 11.5 Å². The molecule has 0 fully saturated rings. The molecule has 114 valence electrons. The van der Waals surface area contributed by atoms with Crippen molar-refractivity contribution in [3.05, 3.63) is 22.2 Å². The van der Waals surface area contributed by atoms with Gasteiger partial charge in [-0.2, -0.15) is 0 Å². The zero-order valence-electron chi connectivity index (χ0n) is 12.3. The second kappa shape index (κ2) is 7.26. The van der Waals surface area contributed by atoms with Crippen molar-refractivity contribution < 1.29 is 9.47 Å². The molecule has 1 heterocycles. The first kappa shape index (κ1) is 15.6. The molecular weight excluding hydrogens is 338 g/mol. The minimum atomic E-state index is 0.519. The van der Waals surface area contributed by atoms with Crippen molar-refractivity contribution in [2.75, 3.05) is 19.0 Å². The Hall–Kier alpha value is -1.83. The predicted molar refractivity (Wildman–Crippen MR) is 82.6 cm³/mol. The van der Waals surface area contributed by atoms with E-state index in [0.29, 0.717) is 24.8 Å². The number of rotatable bonds is 7. The minimum Gasteiger partial charge on any atom is -0.493 e. The highest BCUT2D eigenvalue weighted by Gasteiger charge is 2.15. The third kappa shape index (κ3) is 3.63. The molecule has 0 bridgehead atoms. The molecule has 21 heavy (non-hydrogen) atoms. The molecule has 7 nitrogen and oxygen atoms in total. The van der Waals surface area contributed by atoms with Crippen LogP contribution in [0.5, 0.6) is 11.5 Å². The first-order valence-corrected chi connectivity index (χ1v) is 7.41. The summed E-state index contributed by atoms with van der Waals surface area (Å²) in [4.78, 5) is 0. The third-order valence-corrected chi connectivity index (χ3v) is 3.62. The Kier molecular flexibility index (Phi) is 5.38. The van der Waals surface area contributed by atoms with Crippen molar-refractivity contribution in [2.24, 2.45) is 7.05 Å². The van der Waals surface area contributed by atoms with E-state index in [9.17, 15) is 0 Å². The SMILES string of the molecule is CCCOc1c(OC)ccc(Br)c1CNc1nnnn1C. The lowest BCUT2D eigenvalue weighted by molar-refractivity contribution is 0.291. The fraction of sp³-hybridized carbons (Fsp3) is 0.462. The minimum absolute atomic E-state index is 0.519. The second-order valence-electron chi connectivity index (χ2n) is 4.39. The molecule has 2 rings (SSSR count). The van der Waals surface area contributed by atoms with E-state index in [0.717, 1.165) is 22.2 Å². The Balaban J connectivity index is 2.25. The lowest BCUT2D eigenvalue weighted by atomic mass is 10.2. The molecule has 0 radical (unpaired) electrons. The van der Waals surface area contributed by atoms with Crippen molar-refractivity contribution in [3.63, 3.8) is 0 Å². The maximum atomic E-state index is 5.84. The largest absolute Gasteiger partial charge is 0.493 e. The van der Waals surface area contributed by atoms with Crippen LogP contribution in [0.4, 0.5) is 5.95 Å². The molecule has 1 aromatic heterocycles. The van der Waals surface area contributed by atoms with E-state index in [1.807, 2.05) is 12.1 Å². The highest BCUT2D eigenvalue weighted by Crippen LogP contribution is 2.36. The lowest BCUT2D eigenvalue weighted by Gasteiger charge is -2.16. The number of aromatic nitrogens is 4. The van der Waals surface area contributed by atoms with E-state index in [1.165, 1.54) is 0 Å². The van der Waals surface area contributed by atoms with Gasteiger partial charge >= 0.3 is 0 Å².